The zero-order chi connectivity index (χ0) is 19.2. The van der Waals surface area contributed by atoms with Crippen molar-refractivity contribution in [3.63, 3.8) is 0 Å². The van der Waals surface area contributed by atoms with Gasteiger partial charge in [0.15, 0.2) is 11.6 Å². The summed E-state index contributed by atoms with van der Waals surface area (Å²) in [5.41, 5.74) is 3.12. The molecule has 144 valence electrons. The summed E-state index contributed by atoms with van der Waals surface area (Å²) in [4.78, 5) is 4.08. The van der Waals surface area contributed by atoms with Crippen molar-refractivity contribution < 1.29 is 9.13 Å². The molecule has 1 N–H and O–H groups in total. The van der Waals surface area contributed by atoms with Gasteiger partial charge in [-0.15, -0.1) is 0 Å². The molecule has 0 bridgehead atoms. The number of hydrogen-bond acceptors (Lipinski definition) is 3. The van der Waals surface area contributed by atoms with E-state index in [1.54, 1.807) is 18.5 Å². The van der Waals surface area contributed by atoms with E-state index in [1.165, 1.54) is 43.7 Å². The average molecular weight is 376 g/mol. The van der Waals surface area contributed by atoms with Crippen LogP contribution in [0, 0.1) is 5.82 Å². The minimum atomic E-state index is -0.382. The van der Waals surface area contributed by atoms with E-state index in [1.807, 2.05) is 30.3 Å². The Morgan fingerprint density at radius 3 is 2.54 bits per heavy atom. The van der Waals surface area contributed by atoms with Gasteiger partial charge in [-0.2, -0.15) is 0 Å². The van der Waals surface area contributed by atoms with Gasteiger partial charge in [0.2, 0.25) is 0 Å². The highest BCUT2D eigenvalue weighted by atomic mass is 19.1. The van der Waals surface area contributed by atoms with Crippen LogP contribution in [0.25, 0.3) is 0 Å². The molecule has 1 aliphatic rings. The highest BCUT2D eigenvalue weighted by Crippen LogP contribution is 2.34. The van der Waals surface area contributed by atoms with E-state index in [-0.39, 0.29) is 11.6 Å². The number of halogens is 1. The molecule has 0 saturated heterocycles. The van der Waals surface area contributed by atoms with Crippen LogP contribution in [-0.4, -0.2) is 4.98 Å². The van der Waals surface area contributed by atoms with Crippen LogP contribution in [0.4, 0.5) is 10.1 Å². The molecule has 1 aliphatic carbocycles. The third kappa shape index (κ3) is 4.69. The zero-order valence-electron chi connectivity index (χ0n) is 15.9. The highest BCUT2D eigenvalue weighted by molar-refractivity contribution is 5.48. The van der Waals surface area contributed by atoms with Crippen LogP contribution in [0.1, 0.15) is 49.1 Å². The summed E-state index contributed by atoms with van der Waals surface area (Å²) in [7, 11) is 0. The number of pyridine rings is 1. The molecule has 4 rings (SSSR count). The van der Waals surface area contributed by atoms with E-state index in [4.69, 9.17) is 4.74 Å². The Kier molecular flexibility index (Phi) is 5.86. The first-order valence-corrected chi connectivity index (χ1v) is 9.98. The minimum Gasteiger partial charge on any atom is -0.454 e. The van der Waals surface area contributed by atoms with Crippen molar-refractivity contribution in [2.24, 2.45) is 0 Å². The molecule has 1 heterocycles. The molecule has 2 aromatic carbocycles. The maximum absolute atomic E-state index is 14.5. The van der Waals surface area contributed by atoms with Crippen LogP contribution in [0.15, 0.2) is 67.0 Å². The van der Waals surface area contributed by atoms with Gasteiger partial charge in [-0.3, -0.25) is 4.98 Å². The van der Waals surface area contributed by atoms with E-state index in [9.17, 15) is 4.39 Å². The summed E-state index contributed by atoms with van der Waals surface area (Å²) >= 11 is 0. The van der Waals surface area contributed by atoms with Gasteiger partial charge in [-0.25, -0.2) is 4.39 Å². The summed E-state index contributed by atoms with van der Waals surface area (Å²) in [6.07, 6.45) is 10.0. The Bertz CT molecular complexity index is 890. The Morgan fingerprint density at radius 2 is 1.82 bits per heavy atom. The fourth-order valence-electron chi connectivity index (χ4n) is 3.77. The van der Waals surface area contributed by atoms with Gasteiger partial charge in [-0.05, 0) is 60.2 Å². The Morgan fingerprint density at radius 1 is 1.00 bits per heavy atom. The Labute approximate surface area is 165 Å². The third-order valence-corrected chi connectivity index (χ3v) is 5.34. The molecule has 1 saturated carbocycles. The van der Waals surface area contributed by atoms with Crippen LogP contribution in [0.3, 0.4) is 0 Å². The average Bonchev–Trinajstić information content (AvgIpc) is 2.76. The lowest BCUT2D eigenvalue weighted by Gasteiger charge is -2.22. The lowest BCUT2D eigenvalue weighted by molar-refractivity contribution is 0.436. The monoisotopic (exact) mass is 376 g/mol. The Balaban J connectivity index is 1.37. The second-order valence-corrected chi connectivity index (χ2v) is 7.37. The molecule has 0 radical (unpaired) electrons. The molecule has 1 fully saturated rings. The summed E-state index contributed by atoms with van der Waals surface area (Å²) in [5, 5.41) is 3.20. The number of hydrogen-bond donors (Lipinski definition) is 1. The maximum Gasteiger partial charge on any atom is 0.167 e. The number of rotatable bonds is 6. The second-order valence-electron chi connectivity index (χ2n) is 7.37. The molecular weight excluding hydrogens is 351 g/mol. The summed E-state index contributed by atoms with van der Waals surface area (Å²) in [5.74, 6) is 1.17. The van der Waals surface area contributed by atoms with Crippen molar-refractivity contribution in [2.45, 2.75) is 44.6 Å². The number of anilines is 1. The van der Waals surface area contributed by atoms with Gasteiger partial charge in [0.25, 0.3) is 0 Å². The molecule has 3 nitrogen and oxygen atoms in total. The molecule has 0 aliphatic heterocycles. The highest BCUT2D eigenvalue weighted by Gasteiger charge is 2.15. The molecule has 0 amide bonds. The largest absolute Gasteiger partial charge is 0.454 e. The normalized spacial score (nSPS) is 14.6. The van der Waals surface area contributed by atoms with Crippen molar-refractivity contribution in [1.82, 2.24) is 4.98 Å². The van der Waals surface area contributed by atoms with E-state index >= 15 is 0 Å². The predicted molar refractivity (Wildman–Crippen MR) is 110 cm³/mol. The number of aromatic nitrogens is 1. The van der Waals surface area contributed by atoms with Gasteiger partial charge < -0.3 is 10.1 Å². The predicted octanol–water partition coefficient (Wildman–Crippen LogP) is 6.67. The molecule has 0 unspecified atom stereocenters. The number of ether oxygens (including phenoxy) is 1. The van der Waals surface area contributed by atoms with Crippen molar-refractivity contribution in [3.05, 3.63) is 83.9 Å². The van der Waals surface area contributed by atoms with Gasteiger partial charge in [-0.1, -0.05) is 37.5 Å². The Hall–Kier alpha value is -2.88. The lowest BCUT2D eigenvalue weighted by Crippen LogP contribution is -2.04. The molecule has 3 aromatic rings. The van der Waals surface area contributed by atoms with Crippen molar-refractivity contribution >= 4 is 5.69 Å². The molecular formula is C24H25FN2O. The molecule has 28 heavy (non-hydrogen) atoms. The molecule has 0 atom stereocenters. The van der Waals surface area contributed by atoms with Crippen LogP contribution in [0.2, 0.25) is 0 Å². The van der Waals surface area contributed by atoms with Crippen molar-refractivity contribution in [1.29, 1.82) is 0 Å². The first-order chi connectivity index (χ1) is 13.8. The zero-order valence-corrected chi connectivity index (χ0v) is 15.9. The van der Waals surface area contributed by atoms with Gasteiger partial charge in [0, 0.05) is 30.7 Å². The summed E-state index contributed by atoms with van der Waals surface area (Å²) < 4.78 is 20.2. The smallest absolute Gasteiger partial charge is 0.167 e. The fraction of sp³-hybridized carbons (Fsp3) is 0.292. The summed E-state index contributed by atoms with van der Waals surface area (Å²) in [6, 6.07) is 16.9. The van der Waals surface area contributed by atoms with E-state index in [0.29, 0.717) is 23.9 Å². The third-order valence-electron chi connectivity index (χ3n) is 5.34. The van der Waals surface area contributed by atoms with Crippen LogP contribution in [0.5, 0.6) is 11.5 Å². The lowest BCUT2D eigenvalue weighted by atomic mass is 9.84. The van der Waals surface area contributed by atoms with Gasteiger partial charge in [0.1, 0.15) is 5.75 Å². The number of benzene rings is 2. The van der Waals surface area contributed by atoms with E-state index in [0.717, 1.165) is 5.56 Å². The first kappa shape index (κ1) is 18.5. The fourth-order valence-corrected chi connectivity index (χ4v) is 3.77. The maximum atomic E-state index is 14.5. The second kappa shape index (κ2) is 8.87. The topological polar surface area (TPSA) is 34.2 Å². The number of nitrogens with zero attached hydrogens (tertiary/aromatic N) is 1. The minimum absolute atomic E-state index is 0.234. The molecule has 1 aromatic heterocycles. The standard InChI is InChI=1S/C24H25FN2O/c25-23-15-21(27-17-18-5-4-14-26-16-18)10-13-24(23)28-22-11-8-20(9-12-22)19-6-2-1-3-7-19/h4-5,8-16,19,27H,1-3,6-7,17H2. The summed E-state index contributed by atoms with van der Waals surface area (Å²) in [6.45, 7) is 0.593. The van der Waals surface area contributed by atoms with Crippen LogP contribution in [-0.2, 0) is 6.54 Å². The van der Waals surface area contributed by atoms with Crippen LogP contribution < -0.4 is 10.1 Å². The van der Waals surface area contributed by atoms with Crippen molar-refractivity contribution in [3.8, 4) is 11.5 Å². The van der Waals surface area contributed by atoms with E-state index < -0.39 is 0 Å². The molecule has 0 spiro atoms. The number of nitrogens with one attached hydrogen (secondary N) is 1. The van der Waals surface area contributed by atoms with Crippen LogP contribution >= 0.6 is 0 Å². The molecule has 4 heteroatoms. The van der Waals surface area contributed by atoms with Crippen molar-refractivity contribution in [2.75, 3.05) is 5.32 Å². The first-order valence-electron chi connectivity index (χ1n) is 9.98. The quantitative estimate of drug-likeness (QED) is 0.521. The van der Waals surface area contributed by atoms with E-state index in [2.05, 4.69) is 22.4 Å². The van der Waals surface area contributed by atoms with Gasteiger partial charge in [0.05, 0.1) is 0 Å². The van der Waals surface area contributed by atoms with Gasteiger partial charge >= 0.3 is 0 Å². The SMILES string of the molecule is Fc1cc(NCc2cccnc2)ccc1Oc1ccc(C2CCCCC2)cc1.